The van der Waals surface area contributed by atoms with Crippen LogP contribution in [0.25, 0.3) is 11.2 Å². The van der Waals surface area contributed by atoms with Gasteiger partial charge in [0.1, 0.15) is 11.5 Å². The van der Waals surface area contributed by atoms with Gasteiger partial charge in [-0.25, -0.2) is 9.78 Å². The Hall–Kier alpha value is -3.21. The molecule has 11 heteroatoms. The van der Waals surface area contributed by atoms with Gasteiger partial charge in [0.05, 0.1) is 25.7 Å². The van der Waals surface area contributed by atoms with Gasteiger partial charge in [-0.1, -0.05) is 18.7 Å². The molecule has 0 saturated heterocycles. The summed E-state index contributed by atoms with van der Waals surface area (Å²) in [6.45, 7) is 2.52. The van der Waals surface area contributed by atoms with Gasteiger partial charge < -0.3 is 19.4 Å². The number of aryl methyl sites for hydroxylation is 2. The number of aromatic nitrogens is 4. The van der Waals surface area contributed by atoms with E-state index in [0.29, 0.717) is 40.1 Å². The molecule has 1 N–H and O–H groups in total. The zero-order chi connectivity index (χ0) is 22.7. The van der Waals surface area contributed by atoms with Crippen molar-refractivity contribution in [1.29, 1.82) is 0 Å². The summed E-state index contributed by atoms with van der Waals surface area (Å²) in [5.41, 5.74) is 0.294. The van der Waals surface area contributed by atoms with Crippen LogP contribution in [-0.4, -0.2) is 44.6 Å². The average Bonchev–Trinajstić information content (AvgIpc) is 3.13. The Kier molecular flexibility index (Phi) is 6.74. The number of thioether (sulfide) groups is 1. The Balaban J connectivity index is 1.89. The van der Waals surface area contributed by atoms with Crippen LogP contribution >= 0.6 is 11.8 Å². The fourth-order valence-electron chi connectivity index (χ4n) is 3.20. The maximum atomic E-state index is 12.7. The summed E-state index contributed by atoms with van der Waals surface area (Å²) in [6.07, 6.45) is 0.762. The predicted octanol–water partition coefficient (Wildman–Crippen LogP) is 1.59. The van der Waals surface area contributed by atoms with Crippen molar-refractivity contribution in [2.45, 2.75) is 25.0 Å². The van der Waals surface area contributed by atoms with Gasteiger partial charge >= 0.3 is 5.69 Å². The van der Waals surface area contributed by atoms with Crippen LogP contribution in [0.4, 0.5) is 5.69 Å². The number of amides is 1. The summed E-state index contributed by atoms with van der Waals surface area (Å²) in [4.78, 5) is 42.0. The van der Waals surface area contributed by atoms with Crippen molar-refractivity contribution >= 4 is 34.5 Å². The minimum absolute atomic E-state index is 0.0572. The highest BCUT2D eigenvalue weighted by Crippen LogP contribution is 2.29. The Morgan fingerprint density at radius 3 is 2.55 bits per heavy atom. The van der Waals surface area contributed by atoms with Crippen molar-refractivity contribution in [2.24, 2.45) is 14.1 Å². The van der Waals surface area contributed by atoms with E-state index in [4.69, 9.17) is 9.47 Å². The first-order valence-electron chi connectivity index (χ1n) is 9.63. The van der Waals surface area contributed by atoms with Gasteiger partial charge in [0.2, 0.25) is 5.91 Å². The number of hydrogen-bond donors (Lipinski definition) is 1. The molecule has 0 unspecified atom stereocenters. The lowest BCUT2D eigenvalue weighted by molar-refractivity contribution is -0.113. The molecule has 1 aromatic carbocycles. The van der Waals surface area contributed by atoms with Crippen molar-refractivity contribution in [3.05, 3.63) is 39.0 Å². The third-order valence-corrected chi connectivity index (χ3v) is 5.75. The summed E-state index contributed by atoms with van der Waals surface area (Å²) < 4.78 is 14.7. The molecule has 0 spiro atoms. The third kappa shape index (κ3) is 4.31. The van der Waals surface area contributed by atoms with Crippen LogP contribution in [0.1, 0.15) is 13.3 Å². The number of benzene rings is 1. The van der Waals surface area contributed by atoms with Crippen molar-refractivity contribution in [3.8, 4) is 11.5 Å². The van der Waals surface area contributed by atoms with Gasteiger partial charge in [0, 0.05) is 26.7 Å². The molecule has 166 valence electrons. The lowest BCUT2D eigenvalue weighted by atomic mass is 10.2. The molecular formula is C20H25N5O5S. The first-order valence-corrected chi connectivity index (χ1v) is 10.6. The molecule has 0 atom stereocenters. The molecule has 0 aliphatic carbocycles. The second-order valence-corrected chi connectivity index (χ2v) is 7.77. The summed E-state index contributed by atoms with van der Waals surface area (Å²) in [7, 11) is 6.07. The lowest BCUT2D eigenvalue weighted by Crippen LogP contribution is -2.37. The number of anilines is 1. The number of fused-ring (bicyclic) bond motifs is 1. The van der Waals surface area contributed by atoms with Gasteiger partial charge in [-0.05, 0) is 18.6 Å². The highest BCUT2D eigenvalue weighted by molar-refractivity contribution is 7.99. The minimum Gasteiger partial charge on any atom is -0.497 e. The zero-order valence-electron chi connectivity index (χ0n) is 18.1. The molecule has 0 aliphatic heterocycles. The number of imidazole rings is 1. The number of carbonyl (C=O) groups is 1. The van der Waals surface area contributed by atoms with E-state index in [-0.39, 0.29) is 11.7 Å². The first-order chi connectivity index (χ1) is 14.8. The summed E-state index contributed by atoms with van der Waals surface area (Å²) >= 11 is 1.20. The number of hydrogen-bond acceptors (Lipinski definition) is 7. The fraction of sp³-hybridized carbons (Fsp3) is 0.400. The van der Waals surface area contributed by atoms with Crippen LogP contribution in [0, 0.1) is 0 Å². The van der Waals surface area contributed by atoms with E-state index in [1.165, 1.54) is 30.5 Å². The standard InChI is InChI=1S/C20H25N5O5S/c1-6-9-25-16-17(23(2)20(28)24(3)18(16)27)22-19(25)31-11-15(26)21-13-10-12(29-4)7-8-14(13)30-5/h7-8,10H,6,9,11H2,1-5H3,(H,21,26). The van der Waals surface area contributed by atoms with Gasteiger partial charge in [-0.3, -0.25) is 18.7 Å². The van der Waals surface area contributed by atoms with Crippen LogP contribution in [0.5, 0.6) is 11.5 Å². The third-order valence-electron chi connectivity index (χ3n) is 4.77. The van der Waals surface area contributed by atoms with Crippen molar-refractivity contribution in [2.75, 3.05) is 25.3 Å². The van der Waals surface area contributed by atoms with E-state index in [9.17, 15) is 14.4 Å². The number of methoxy groups -OCH3 is 2. The normalized spacial score (nSPS) is 11.0. The molecule has 2 heterocycles. The highest BCUT2D eigenvalue weighted by Gasteiger charge is 2.20. The van der Waals surface area contributed by atoms with E-state index in [1.807, 2.05) is 6.92 Å². The molecule has 0 radical (unpaired) electrons. The second-order valence-electron chi connectivity index (χ2n) is 6.83. The Morgan fingerprint density at radius 1 is 1.16 bits per heavy atom. The quantitative estimate of drug-likeness (QED) is 0.522. The summed E-state index contributed by atoms with van der Waals surface area (Å²) in [5, 5.41) is 3.31. The highest BCUT2D eigenvalue weighted by atomic mass is 32.2. The van der Waals surface area contributed by atoms with Gasteiger partial charge in [0.15, 0.2) is 16.3 Å². The van der Waals surface area contributed by atoms with E-state index in [2.05, 4.69) is 10.3 Å². The van der Waals surface area contributed by atoms with Crippen LogP contribution in [0.3, 0.4) is 0 Å². The second kappa shape index (κ2) is 9.29. The molecule has 3 aromatic rings. The molecule has 3 rings (SSSR count). The van der Waals surface area contributed by atoms with E-state index in [1.54, 1.807) is 36.9 Å². The molecule has 31 heavy (non-hydrogen) atoms. The molecule has 0 bridgehead atoms. The Bertz CT molecular complexity index is 1240. The smallest absolute Gasteiger partial charge is 0.332 e. The van der Waals surface area contributed by atoms with Gasteiger partial charge in [0.25, 0.3) is 5.56 Å². The predicted molar refractivity (Wildman–Crippen MR) is 119 cm³/mol. The number of nitrogens with one attached hydrogen (secondary N) is 1. The lowest BCUT2D eigenvalue weighted by Gasteiger charge is -2.12. The molecule has 0 saturated carbocycles. The summed E-state index contributed by atoms with van der Waals surface area (Å²) in [6, 6.07) is 5.12. The van der Waals surface area contributed by atoms with Crippen molar-refractivity contribution < 1.29 is 14.3 Å². The van der Waals surface area contributed by atoms with Crippen LogP contribution < -0.4 is 26.0 Å². The van der Waals surface area contributed by atoms with E-state index < -0.39 is 11.2 Å². The number of rotatable bonds is 8. The van der Waals surface area contributed by atoms with Crippen molar-refractivity contribution in [1.82, 2.24) is 18.7 Å². The maximum Gasteiger partial charge on any atom is 0.332 e. The van der Waals surface area contributed by atoms with Crippen LogP contribution in [0.15, 0.2) is 32.9 Å². The maximum absolute atomic E-state index is 12.7. The van der Waals surface area contributed by atoms with Crippen molar-refractivity contribution in [3.63, 3.8) is 0 Å². The zero-order valence-corrected chi connectivity index (χ0v) is 18.9. The molecule has 2 aromatic heterocycles. The number of nitrogens with zero attached hydrogens (tertiary/aromatic N) is 4. The van der Waals surface area contributed by atoms with Gasteiger partial charge in [-0.2, -0.15) is 0 Å². The minimum atomic E-state index is -0.446. The molecular weight excluding hydrogens is 422 g/mol. The topological polar surface area (TPSA) is 109 Å². The van der Waals surface area contributed by atoms with E-state index in [0.717, 1.165) is 11.0 Å². The largest absolute Gasteiger partial charge is 0.497 e. The average molecular weight is 448 g/mol. The first kappa shape index (κ1) is 22.5. The van der Waals surface area contributed by atoms with Gasteiger partial charge in [-0.15, -0.1) is 0 Å². The Labute approximate surface area is 182 Å². The fourth-order valence-corrected chi connectivity index (χ4v) is 4.02. The number of carbonyl (C=O) groups excluding carboxylic acids is 1. The molecule has 1 amide bonds. The Morgan fingerprint density at radius 2 is 1.90 bits per heavy atom. The molecule has 0 aliphatic rings. The molecule has 10 nitrogen and oxygen atoms in total. The SMILES string of the molecule is CCCn1c(SCC(=O)Nc2cc(OC)ccc2OC)nc2c1c(=O)n(C)c(=O)n2C. The number of ether oxygens (including phenoxy) is 2. The van der Waals surface area contributed by atoms with Crippen LogP contribution in [-0.2, 0) is 25.4 Å². The van der Waals surface area contributed by atoms with Crippen LogP contribution in [0.2, 0.25) is 0 Å². The molecule has 0 fully saturated rings. The monoisotopic (exact) mass is 447 g/mol. The van der Waals surface area contributed by atoms with E-state index >= 15 is 0 Å². The summed E-state index contributed by atoms with van der Waals surface area (Å²) in [5.74, 6) is 0.886.